The van der Waals surface area contributed by atoms with Crippen molar-refractivity contribution in [1.82, 2.24) is 19.7 Å². The number of carbonyl (C=O) groups is 1. The number of amides is 1. The zero-order chi connectivity index (χ0) is 24.5. The summed E-state index contributed by atoms with van der Waals surface area (Å²) in [5.74, 6) is 1.85. The van der Waals surface area contributed by atoms with Gasteiger partial charge in [0.1, 0.15) is 11.6 Å². The van der Waals surface area contributed by atoms with Gasteiger partial charge in [0.2, 0.25) is 5.91 Å². The summed E-state index contributed by atoms with van der Waals surface area (Å²) in [7, 11) is 0. The summed E-state index contributed by atoms with van der Waals surface area (Å²) < 4.78 is 7.69. The molecular weight excluding hydrogens is 438 g/mol. The number of rotatable bonds is 6. The van der Waals surface area contributed by atoms with Crippen LogP contribution in [0, 0.1) is 20.8 Å². The van der Waals surface area contributed by atoms with E-state index in [1.165, 1.54) is 0 Å². The Labute approximate surface area is 205 Å². The van der Waals surface area contributed by atoms with Gasteiger partial charge in [-0.25, -0.2) is 9.97 Å². The first kappa shape index (κ1) is 22.8. The van der Waals surface area contributed by atoms with Gasteiger partial charge in [0.25, 0.3) is 5.95 Å². The van der Waals surface area contributed by atoms with Crippen LogP contribution in [0.1, 0.15) is 53.0 Å². The monoisotopic (exact) mass is 467 g/mol. The molecule has 0 N–H and O–H groups in total. The molecule has 0 radical (unpaired) electrons. The van der Waals surface area contributed by atoms with Crippen LogP contribution >= 0.6 is 0 Å². The van der Waals surface area contributed by atoms with Crippen LogP contribution < -0.4 is 9.64 Å². The highest BCUT2D eigenvalue weighted by Crippen LogP contribution is 2.45. The van der Waals surface area contributed by atoms with Crippen molar-refractivity contribution >= 4 is 11.7 Å². The van der Waals surface area contributed by atoms with Gasteiger partial charge in [-0.3, -0.25) is 9.69 Å². The van der Waals surface area contributed by atoms with Crippen LogP contribution in [0.4, 0.5) is 5.82 Å². The highest BCUT2D eigenvalue weighted by atomic mass is 16.5. The SMILES string of the molecule is CCOc1ccccc1C1CC(=O)N(Cc2ccccc2)c2c1c(C)nn2-c1nc(C)cc(C)n1. The van der Waals surface area contributed by atoms with Gasteiger partial charge in [-0.1, -0.05) is 48.5 Å². The Morgan fingerprint density at radius 1 is 0.971 bits per heavy atom. The summed E-state index contributed by atoms with van der Waals surface area (Å²) in [4.78, 5) is 24.9. The fourth-order valence-corrected chi connectivity index (χ4v) is 4.89. The third kappa shape index (κ3) is 4.30. The highest BCUT2D eigenvalue weighted by molar-refractivity contribution is 5.97. The fourth-order valence-electron chi connectivity index (χ4n) is 4.89. The molecule has 1 amide bonds. The Morgan fingerprint density at radius 2 is 1.66 bits per heavy atom. The lowest BCUT2D eigenvalue weighted by molar-refractivity contribution is -0.119. The van der Waals surface area contributed by atoms with E-state index in [4.69, 9.17) is 9.84 Å². The third-order valence-corrected chi connectivity index (χ3v) is 6.30. The van der Waals surface area contributed by atoms with Crippen molar-refractivity contribution in [3.63, 3.8) is 0 Å². The number of anilines is 1. The van der Waals surface area contributed by atoms with Crippen molar-refractivity contribution in [1.29, 1.82) is 0 Å². The van der Waals surface area contributed by atoms with Gasteiger partial charge in [-0.15, -0.1) is 0 Å². The Hall–Kier alpha value is -4.00. The van der Waals surface area contributed by atoms with E-state index >= 15 is 0 Å². The Bertz CT molecular complexity index is 1360. The fraction of sp³-hybridized carbons (Fsp3) is 0.286. The van der Waals surface area contributed by atoms with Crippen molar-refractivity contribution in [2.24, 2.45) is 0 Å². The topological polar surface area (TPSA) is 73.1 Å². The van der Waals surface area contributed by atoms with Crippen LogP contribution in [-0.2, 0) is 11.3 Å². The first-order valence-electron chi connectivity index (χ1n) is 11.9. The van der Waals surface area contributed by atoms with Crippen LogP contribution in [0.3, 0.4) is 0 Å². The summed E-state index contributed by atoms with van der Waals surface area (Å²) in [6.07, 6.45) is 0.337. The first-order valence-corrected chi connectivity index (χ1v) is 11.9. The summed E-state index contributed by atoms with van der Waals surface area (Å²) in [6, 6.07) is 19.9. The third-order valence-electron chi connectivity index (χ3n) is 6.30. The molecule has 2 aromatic carbocycles. The summed E-state index contributed by atoms with van der Waals surface area (Å²) in [5.41, 5.74) is 5.60. The molecule has 0 bridgehead atoms. The maximum absolute atomic E-state index is 13.7. The normalized spacial score (nSPS) is 15.3. The Kier molecular flexibility index (Phi) is 6.07. The van der Waals surface area contributed by atoms with Crippen molar-refractivity contribution in [3.8, 4) is 11.7 Å². The summed E-state index contributed by atoms with van der Waals surface area (Å²) >= 11 is 0. The van der Waals surface area contributed by atoms with Crippen molar-refractivity contribution in [2.45, 2.75) is 46.6 Å². The molecule has 4 aromatic rings. The molecular formula is C28H29N5O2. The number of aromatic nitrogens is 4. The number of hydrogen-bond donors (Lipinski definition) is 0. The molecule has 7 nitrogen and oxygen atoms in total. The van der Waals surface area contributed by atoms with Gasteiger partial charge in [-0.2, -0.15) is 9.78 Å². The minimum atomic E-state index is -0.174. The number of hydrogen-bond acceptors (Lipinski definition) is 5. The molecule has 1 aliphatic heterocycles. The van der Waals surface area contributed by atoms with E-state index in [-0.39, 0.29) is 11.8 Å². The Morgan fingerprint density at radius 3 is 2.37 bits per heavy atom. The second kappa shape index (κ2) is 9.33. The van der Waals surface area contributed by atoms with Crippen LogP contribution in [0.2, 0.25) is 0 Å². The zero-order valence-electron chi connectivity index (χ0n) is 20.5. The second-order valence-corrected chi connectivity index (χ2v) is 8.88. The van der Waals surface area contributed by atoms with E-state index in [1.807, 2.05) is 93.3 Å². The van der Waals surface area contributed by atoms with Gasteiger partial charge < -0.3 is 4.74 Å². The molecule has 0 saturated heterocycles. The standard InChI is InChI=1S/C28H29N5O2/c1-5-35-24-14-10-9-13-22(24)23-16-25(34)32(17-21-11-7-6-8-12-21)27-26(23)20(4)31-33(27)28-29-18(2)15-19(3)30-28/h6-15,23H,5,16-17H2,1-4H3. The predicted octanol–water partition coefficient (Wildman–Crippen LogP) is 5.06. The van der Waals surface area contributed by atoms with Gasteiger partial charge in [0, 0.05) is 34.9 Å². The molecule has 2 aromatic heterocycles. The van der Waals surface area contributed by atoms with E-state index in [2.05, 4.69) is 9.97 Å². The molecule has 1 atom stereocenters. The van der Waals surface area contributed by atoms with Crippen LogP contribution in [0.5, 0.6) is 5.75 Å². The van der Waals surface area contributed by atoms with Crippen molar-refractivity contribution in [3.05, 3.63) is 94.4 Å². The molecule has 5 rings (SSSR count). The molecule has 1 unspecified atom stereocenters. The molecule has 0 fully saturated rings. The van der Waals surface area contributed by atoms with E-state index in [1.54, 1.807) is 4.68 Å². The van der Waals surface area contributed by atoms with Crippen molar-refractivity contribution < 1.29 is 9.53 Å². The second-order valence-electron chi connectivity index (χ2n) is 8.88. The van der Waals surface area contributed by atoms with Crippen molar-refractivity contribution in [2.75, 3.05) is 11.5 Å². The molecule has 1 aliphatic rings. The minimum Gasteiger partial charge on any atom is -0.494 e. The lowest BCUT2D eigenvalue weighted by Crippen LogP contribution is -2.38. The van der Waals surface area contributed by atoms with E-state index in [0.29, 0.717) is 25.5 Å². The number of nitrogens with zero attached hydrogens (tertiary/aromatic N) is 5. The van der Waals surface area contributed by atoms with E-state index < -0.39 is 0 Å². The quantitative estimate of drug-likeness (QED) is 0.397. The Balaban J connectivity index is 1.72. The first-order chi connectivity index (χ1) is 17.0. The lowest BCUT2D eigenvalue weighted by atomic mass is 9.84. The molecule has 0 saturated carbocycles. The average molecular weight is 468 g/mol. The van der Waals surface area contributed by atoms with Gasteiger partial charge in [0.15, 0.2) is 0 Å². The predicted molar refractivity (Wildman–Crippen MR) is 135 cm³/mol. The maximum Gasteiger partial charge on any atom is 0.252 e. The van der Waals surface area contributed by atoms with Gasteiger partial charge in [0.05, 0.1) is 18.8 Å². The summed E-state index contributed by atoms with van der Waals surface area (Å²) in [5, 5.41) is 4.88. The minimum absolute atomic E-state index is 0.0307. The molecule has 0 spiro atoms. The smallest absolute Gasteiger partial charge is 0.252 e. The number of carbonyl (C=O) groups excluding carboxylic acids is 1. The van der Waals surface area contributed by atoms with Crippen LogP contribution in [0.25, 0.3) is 5.95 Å². The van der Waals surface area contributed by atoms with E-state index in [0.717, 1.165) is 45.3 Å². The van der Waals surface area contributed by atoms with Crippen LogP contribution in [-0.4, -0.2) is 32.3 Å². The molecule has 7 heteroatoms. The molecule has 35 heavy (non-hydrogen) atoms. The number of aryl methyl sites for hydroxylation is 3. The summed E-state index contributed by atoms with van der Waals surface area (Å²) in [6.45, 7) is 8.84. The average Bonchev–Trinajstić information content (AvgIpc) is 3.19. The molecule has 178 valence electrons. The zero-order valence-corrected chi connectivity index (χ0v) is 20.5. The van der Waals surface area contributed by atoms with Gasteiger partial charge in [-0.05, 0) is 45.4 Å². The molecule has 0 aliphatic carbocycles. The van der Waals surface area contributed by atoms with Gasteiger partial charge >= 0.3 is 0 Å². The molecule has 3 heterocycles. The highest BCUT2D eigenvalue weighted by Gasteiger charge is 2.39. The largest absolute Gasteiger partial charge is 0.494 e. The maximum atomic E-state index is 13.7. The number of fused-ring (bicyclic) bond motifs is 1. The lowest BCUT2D eigenvalue weighted by Gasteiger charge is -2.33. The number of ether oxygens (including phenoxy) is 1. The number of benzene rings is 2. The van der Waals surface area contributed by atoms with E-state index in [9.17, 15) is 4.79 Å². The van der Waals surface area contributed by atoms with Crippen LogP contribution in [0.15, 0.2) is 60.7 Å². The number of para-hydroxylation sites is 1.